The van der Waals surface area contributed by atoms with Crippen LogP contribution in [-0.4, -0.2) is 0 Å². The fourth-order valence-electron chi connectivity index (χ4n) is 0. The Hall–Kier alpha value is -0.268. The van der Waals surface area contributed by atoms with E-state index in [1.165, 1.54) is 0 Å². The van der Waals surface area contributed by atoms with Gasteiger partial charge in [0.1, 0.15) is 0 Å². The molecule has 0 radical (unpaired) electrons. The molecule has 0 fully saturated rings. The molecule has 0 aliphatic carbocycles. The van der Waals surface area contributed by atoms with E-state index in [0.29, 0.717) is 0 Å². The molecular weight excluding hydrogens is 310 g/mol. The van der Waals surface area contributed by atoms with Crippen molar-refractivity contribution >= 4 is 0 Å². The second-order valence-electron chi connectivity index (χ2n) is 0. The van der Waals surface area contributed by atoms with Crippen LogP contribution in [0.25, 0.3) is 0 Å². The van der Waals surface area contributed by atoms with Crippen molar-refractivity contribution in [2.75, 3.05) is 0 Å². The Bertz CT molecular complexity index is 32.7. The second kappa shape index (κ2) is 1790. The van der Waals surface area contributed by atoms with E-state index in [2.05, 4.69) is 0 Å². The van der Waals surface area contributed by atoms with E-state index in [0.717, 1.165) is 0 Å². The van der Waals surface area contributed by atoms with Gasteiger partial charge in [0.15, 0.2) is 0 Å². The molecule has 0 aliphatic rings. The van der Waals surface area contributed by atoms with Gasteiger partial charge in [-0.15, -0.1) is 0 Å². The van der Waals surface area contributed by atoms with Crippen LogP contribution < -0.4 is 0 Å². The van der Waals surface area contributed by atoms with Gasteiger partial charge in [-0.3, -0.25) is 0 Å². The summed E-state index contributed by atoms with van der Waals surface area (Å²) in [4.78, 5) is 0. The van der Waals surface area contributed by atoms with E-state index in [4.69, 9.17) is 38.5 Å². The van der Waals surface area contributed by atoms with Gasteiger partial charge in [-0.25, -0.2) is 0 Å². The van der Waals surface area contributed by atoms with Gasteiger partial charge in [-0.1, -0.05) is 0 Å². The van der Waals surface area contributed by atoms with Crippen molar-refractivity contribution in [2.24, 2.45) is 0 Å². The predicted molar refractivity (Wildman–Crippen MR) is 19.5 cm³/mol. The zero-order valence-corrected chi connectivity index (χ0v) is 7.66. The normalized spacial score (nSPS) is 0.857. The Morgan fingerprint density at radius 2 is 0.429 bits per heavy atom. The van der Waals surface area contributed by atoms with Gasteiger partial charge in [0.25, 0.3) is 0 Å². The average molecular weight is 310 g/mol. The van der Waals surface area contributed by atoms with Crippen LogP contribution in [-0.2, 0) is 0 Å². The average Bonchev–Trinajstić information content (AvgIpc) is 1.81. The molecule has 0 saturated carbocycles. The van der Waals surface area contributed by atoms with Crippen molar-refractivity contribution in [3.63, 3.8) is 0 Å². The minimum absolute atomic E-state index is 0. The Balaban J connectivity index is -0.00000000900. The first-order valence-corrected chi connectivity index (χ1v) is 0.750. The fraction of sp³-hybridized carbons (Fsp3) is 0. The SMILES string of the molecule is [C-]#[C-].[C-]#[C-].[C-]#[C-].[U+6]. The number of hydrogen-bond donors (Lipinski definition) is 0. The zero-order chi connectivity index (χ0) is 6.00. The van der Waals surface area contributed by atoms with Crippen molar-refractivity contribution in [2.45, 2.75) is 0 Å². The van der Waals surface area contributed by atoms with Crippen LogP contribution in [0.2, 0.25) is 0 Å². The first kappa shape index (κ1) is 29.6. The summed E-state index contributed by atoms with van der Waals surface area (Å²) in [5, 5.41) is 0. The van der Waals surface area contributed by atoms with Gasteiger partial charge < -0.3 is 38.5 Å². The molecule has 0 bridgehead atoms. The van der Waals surface area contributed by atoms with Crippen LogP contribution in [0, 0.1) is 69.7 Å². The monoisotopic (exact) mass is 310 g/mol. The largest absolute Gasteiger partial charge is 6.00 e. The molecule has 0 rings (SSSR count). The van der Waals surface area contributed by atoms with Gasteiger partial charge in [-0.2, -0.15) is 0 Å². The van der Waals surface area contributed by atoms with Gasteiger partial charge >= 0.3 is 31.1 Å². The first-order chi connectivity index (χ1) is 3.00. The molecule has 28 valence electrons. The summed E-state index contributed by atoms with van der Waals surface area (Å²) in [6, 6.07) is 0. The second-order valence-corrected chi connectivity index (χ2v) is 0. The molecule has 0 spiro atoms. The molecule has 0 aromatic rings. The van der Waals surface area contributed by atoms with E-state index in [9.17, 15) is 0 Å². The van der Waals surface area contributed by atoms with Crippen molar-refractivity contribution in [3.8, 4) is 0 Å². The number of hydrogen-bond acceptors (Lipinski definition) is 0. The third-order valence-corrected chi connectivity index (χ3v) is 0. The van der Waals surface area contributed by atoms with Crippen LogP contribution in [0.1, 0.15) is 0 Å². The predicted octanol–water partition coefficient (Wildman–Crippen LogP) is 0.488. The summed E-state index contributed by atoms with van der Waals surface area (Å²) in [7, 11) is 0. The minimum Gasteiger partial charge on any atom is -1.00 e. The Morgan fingerprint density at radius 3 is 0.429 bits per heavy atom. The smallest absolute Gasteiger partial charge is 1.00 e. The fourth-order valence-corrected chi connectivity index (χ4v) is 0. The molecule has 0 unspecified atom stereocenters. The van der Waals surface area contributed by atoms with E-state index in [-0.39, 0.29) is 31.1 Å². The molecule has 7 heavy (non-hydrogen) atoms. The molecule has 1 heteroatoms. The van der Waals surface area contributed by atoms with Crippen LogP contribution in [0.15, 0.2) is 0 Å². The molecule has 0 nitrogen and oxygen atoms in total. The number of rotatable bonds is 0. The summed E-state index contributed by atoms with van der Waals surface area (Å²) >= 11 is 0. The molecule has 0 heterocycles. The van der Waals surface area contributed by atoms with E-state index in [1.807, 2.05) is 0 Å². The molecule has 0 saturated heterocycles. The summed E-state index contributed by atoms with van der Waals surface area (Å²) in [5.41, 5.74) is 0. The maximum absolute atomic E-state index is 5.00. The summed E-state index contributed by atoms with van der Waals surface area (Å²) in [6.07, 6.45) is 30.0. The van der Waals surface area contributed by atoms with Gasteiger partial charge in [0.2, 0.25) is 0 Å². The Morgan fingerprint density at radius 1 is 0.429 bits per heavy atom. The standard InChI is InChI=1S/3C2.U/c3*1-2;/q3*-2;+6. The topological polar surface area (TPSA) is 0 Å². The van der Waals surface area contributed by atoms with Gasteiger partial charge in [0.05, 0.1) is 0 Å². The molecule has 0 aliphatic heterocycles. The quantitative estimate of drug-likeness (QED) is 0.451. The Kier molecular flexibility index (Phi) is 7560. The van der Waals surface area contributed by atoms with Crippen molar-refractivity contribution in [3.05, 3.63) is 38.5 Å². The molecule has 0 amide bonds. The molecule has 0 N–H and O–H groups in total. The molecule has 0 aromatic carbocycles. The summed E-state index contributed by atoms with van der Waals surface area (Å²) in [6.45, 7) is 0. The zero-order valence-electron chi connectivity index (χ0n) is 3.50. The van der Waals surface area contributed by atoms with Crippen molar-refractivity contribution in [1.82, 2.24) is 0 Å². The molecule has 0 aromatic heterocycles. The van der Waals surface area contributed by atoms with E-state index in [1.54, 1.807) is 0 Å². The maximum Gasteiger partial charge on any atom is 6.00 e. The minimum atomic E-state index is 0. The van der Waals surface area contributed by atoms with Gasteiger partial charge in [0, 0.05) is 0 Å². The summed E-state index contributed by atoms with van der Waals surface area (Å²) < 4.78 is 0. The third kappa shape index (κ3) is 1110. The van der Waals surface area contributed by atoms with Crippen LogP contribution in [0.3, 0.4) is 0 Å². The van der Waals surface area contributed by atoms with Crippen LogP contribution in [0.4, 0.5) is 0 Å². The van der Waals surface area contributed by atoms with Crippen molar-refractivity contribution in [1.29, 1.82) is 0 Å². The Labute approximate surface area is 69.5 Å². The maximum atomic E-state index is 5.00. The summed E-state index contributed by atoms with van der Waals surface area (Å²) in [5.74, 6) is 0. The molecular formula is C6U. The van der Waals surface area contributed by atoms with E-state index >= 15 is 0 Å². The van der Waals surface area contributed by atoms with Crippen LogP contribution in [0.5, 0.6) is 0 Å². The third-order valence-electron chi connectivity index (χ3n) is 0. The van der Waals surface area contributed by atoms with Crippen molar-refractivity contribution < 1.29 is 31.1 Å². The molecule has 0 atom stereocenters. The first-order valence-electron chi connectivity index (χ1n) is 0.750. The van der Waals surface area contributed by atoms with Gasteiger partial charge in [-0.05, 0) is 0 Å². The van der Waals surface area contributed by atoms with E-state index < -0.39 is 0 Å². The van der Waals surface area contributed by atoms with Crippen LogP contribution >= 0.6 is 0 Å².